The summed E-state index contributed by atoms with van der Waals surface area (Å²) in [5.74, 6) is 0.218. The standard InChI is InChI=1S/C30H30F4O3/c1-29(2)16-23(35)27-24(37-29)15-22(17-5-3-4-6-17)26(25(27)18-9-13-21(31)14-10-18)28(36)19-7-11-20(12-8-19)30(32,33)34/h7-15,17,23,28,35-36H,3-6,16H2,1-2H3/t23-,28?/m0/s1. The zero-order chi connectivity index (χ0) is 26.5. The maximum atomic E-state index is 13.9. The first-order chi connectivity index (χ1) is 17.4. The monoisotopic (exact) mass is 514 g/mol. The lowest BCUT2D eigenvalue weighted by molar-refractivity contribution is -0.137. The van der Waals surface area contributed by atoms with E-state index >= 15 is 0 Å². The average Bonchev–Trinajstić information content (AvgIpc) is 3.37. The number of hydrogen-bond donors (Lipinski definition) is 2. The van der Waals surface area contributed by atoms with Gasteiger partial charge in [0.05, 0.1) is 11.7 Å². The van der Waals surface area contributed by atoms with Crippen molar-refractivity contribution in [3.63, 3.8) is 0 Å². The molecule has 0 bridgehead atoms. The molecule has 3 aromatic carbocycles. The van der Waals surface area contributed by atoms with Crippen LogP contribution in [0.3, 0.4) is 0 Å². The highest BCUT2D eigenvalue weighted by atomic mass is 19.4. The second-order valence-corrected chi connectivity index (χ2v) is 10.8. The number of alkyl halides is 3. The van der Waals surface area contributed by atoms with Crippen LogP contribution in [0.25, 0.3) is 11.1 Å². The maximum absolute atomic E-state index is 13.9. The molecule has 1 unspecified atom stereocenters. The van der Waals surface area contributed by atoms with Gasteiger partial charge in [0.2, 0.25) is 0 Å². The molecule has 0 aromatic heterocycles. The number of benzene rings is 3. The Morgan fingerprint density at radius 2 is 1.59 bits per heavy atom. The van der Waals surface area contributed by atoms with E-state index in [9.17, 15) is 27.8 Å². The quantitative estimate of drug-likeness (QED) is 0.349. The molecular formula is C30H30F4O3. The Labute approximate surface area is 213 Å². The zero-order valence-electron chi connectivity index (χ0n) is 20.8. The average molecular weight is 515 g/mol. The molecule has 0 spiro atoms. The first-order valence-corrected chi connectivity index (χ1v) is 12.6. The van der Waals surface area contributed by atoms with Crippen LogP contribution in [0.15, 0.2) is 54.6 Å². The van der Waals surface area contributed by atoms with E-state index in [1.165, 1.54) is 24.3 Å². The fraction of sp³-hybridized carbons (Fsp3) is 0.400. The third kappa shape index (κ3) is 4.99. The van der Waals surface area contributed by atoms with Gasteiger partial charge in [0.15, 0.2) is 0 Å². The van der Waals surface area contributed by atoms with E-state index in [0.29, 0.717) is 40.0 Å². The molecule has 37 heavy (non-hydrogen) atoms. The molecule has 0 radical (unpaired) electrons. The van der Waals surface area contributed by atoms with Crippen molar-refractivity contribution >= 4 is 0 Å². The largest absolute Gasteiger partial charge is 0.487 e. The van der Waals surface area contributed by atoms with E-state index in [1.807, 2.05) is 19.9 Å². The van der Waals surface area contributed by atoms with Gasteiger partial charge >= 0.3 is 6.18 Å². The third-order valence-corrected chi connectivity index (χ3v) is 7.56. The van der Waals surface area contributed by atoms with E-state index in [4.69, 9.17) is 4.74 Å². The molecule has 0 saturated heterocycles. The molecule has 1 heterocycles. The van der Waals surface area contributed by atoms with Crippen molar-refractivity contribution < 1.29 is 32.5 Å². The highest BCUT2D eigenvalue weighted by Gasteiger charge is 2.39. The second-order valence-electron chi connectivity index (χ2n) is 10.8. The van der Waals surface area contributed by atoms with Gasteiger partial charge in [0.25, 0.3) is 0 Å². The lowest BCUT2D eigenvalue weighted by atomic mass is 9.77. The normalized spacial score (nSPS) is 20.4. The van der Waals surface area contributed by atoms with Crippen molar-refractivity contribution in [2.75, 3.05) is 0 Å². The number of fused-ring (bicyclic) bond motifs is 1. The van der Waals surface area contributed by atoms with Gasteiger partial charge in [-0.05, 0) is 90.8 Å². The maximum Gasteiger partial charge on any atom is 0.416 e. The van der Waals surface area contributed by atoms with Gasteiger partial charge in [0, 0.05) is 12.0 Å². The van der Waals surface area contributed by atoms with E-state index in [-0.39, 0.29) is 5.92 Å². The third-order valence-electron chi connectivity index (χ3n) is 7.56. The van der Waals surface area contributed by atoms with Crippen LogP contribution in [-0.2, 0) is 6.18 Å². The summed E-state index contributed by atoms with van der Waals surface area (Å²) in [4.78, 5) is 0. The molecule has 3 aromatic rings. The van der Waals surface area contributed by atoms with Crippen molar-refractivity contribution in [3.8, 4) is 16.9 Å². The lowest BCUT2D eigenvalue weighted by Gasteiger charge is -2.39. The summed E-state index contributed by atoms with van der Waals surface area (Å²) in [7, 11) is 0. The first kappa shape index (κ1) is 25.7. The summed E-state index contributed by atoms with van der Waals surface area (Å²) in [5, 5.41) is 23.0. The summed E-state index contributed by atoms with van der Waals surface area (Å²) in [6.45, 7) is 3.80. The number of ether oxygens (including phenoxy) is 1. The SMILES string of the molecule is CC1(C)C[C@H](O)c2c(cc(C3CCCC3)c(C(O)c3ccc(C(F)(F)F)cc3)c2-c2ccc(F)cc2)O1. The van der Waals surface area contributed by atoms with E-state index < -0.39 is 35.4 Å². The molecule has 1 aliphatic carbocycles. The van der Waals surface area contributed by atoms with Crippen molar-refractivity contribution in [1.82, 2.24) is 0 Å². The van der Waals surface area contributed by atoms with E-state index in [2.05, 4.69) is 0 Å². The van der Waals surface area contributed by atoms with Crippen molar-refractivity contribution in [2.24, 2.45) is 0 Å². The van der Waals surface area contributed by atoms with Crippen LogP contribution in [0.2, 0.25) is 0 Å². The predicted octanol–water partition coefficient (Wildman–Crippen LogP) is 7.85. The van der Waals surface area contributed by atoms with Gasteiger partial charge < -0.3 is 14.9 Å². The van der Waals surface area contributed by atoms with Crippen molar-refractivity contribution in [2.45, 2.75) is 75.9 Å². The summed E-state index contributed by atoms with van der Waals surface area (Å²) in [6.07, 6.45) is -2.48. The lowest BCUT2D eigenvalue weighted by Crippen LogP contribution is -2.35. The summed E-state index contributed by atoms with van der Waals surface area (Å²) < 4.78 is 59.8. The van der Waals surface area contributed by atoms with Crippen LogP contribution >= 0.6 is 0 Å². The molecule has 7 heteroatoms. The van der Waals surface area contributed by atoms with Gasteiger partial charge in [0.1, 0.15) is 23.3 Å². The summed E-state index contributed by atoms with van der Waals surface area (Å²) in [5.41, 5.74) is 1.93. The van der Waals surface area contributed by atoms with E-state index in [1.54, 1.807) is 12.1 Å². The molecule has 1 aliphatic heterocycles. The Balaban J connectivity index is 1.77. The minimum absolute atomic E-state index is 0.120. The van der Waals surface area contributed by atoms with Gasteiger partial charge in [-0.1, -0.05) is 37.1 Å². The zero-order valence-corrected chi connectivity index (χ0v) is 20.8. The predicted molar refractivity (Wildman–Crippen MR) is 133 cm³/mol. The minimum atomic E-state index is -4.49. The Morgan fingerprint density at radius 3 is 2.19 bits per heavy atom. The molecule has 1 fully saturated rings. The number of halogens is 4. The molecule has 2 N–H and O–H groups in total. The Bertz CT molecular complexity index is 1270. The molecule has 2 aliphatic rings. The van der Waals surface area contributed by atoms with Crippen LogP contribution in [0.5, 0.6) is 5.75 Å². The van der Waals surface area contributed by atoms with Crippen LogP contribution < -0.4 is 4.74 Å². The number of hydrogen-bond acceptors (Lipinski definition) is 3. The fourth-order valence-electron chi connectivity index (χ4n) is 5.85. The number of aliphatic hydroxyl groups is 2. The highest BCUT2D eigenvalue weighted by molar-refractivity contribution is 5.78. The fourth-order valence-corrected chi connectivity index (χ4v) is 5.85. The molecule has 2 atom stereocenters. The molecular weight excluding hydrogens is 484 g/mol. The topological polar surface area (TPSA) is 49.7 Å². The Morgan fingerprint density at radius 1 is 0.973 bits per heavy atom. The molecule has 3 nitrogen and oxygen atoms in total. The van der Waals surface area contributed by atoms with E-state index in [0.717, 1.165) is 43.4 Å². The van der Waals surface area contributed by atoms with Crippen LogP contribution in [0, 0.1) is 5.82 Å². The van der Waals surface area contributed by atoms with Crippen molar-refractivity contribution in [3.05, 3.63) is 88.2 Å². The number of aliphatic hydroxyl groups excluding tert-OH is 2. The summed E-state index contributed by atoms with van der Waals surface area (Å²) >= 11 is 0. The molecule has 5 rings (SSSR count). The Kier molecular flexibility index (Phi) is 6.57. The van der Waals surface area contributed by atoms with Crippen LogP contribution in [0.1, 0.15) is 91.9 Å². The second kappa shape index (κ2) is 9.44. The molecule has 1 saturated carbocycles. The van der Waals surface area contributed by atoms with Gasteiger partial charge in [-0.3, -0.25) is 0 Å². The molecule has 196 valence electrons. The van der Waals surface area contributed by atoms with Crippen LogP contribution in [0.4, 0.5) is 17.6 Å². The minimum Gasteiger partial charge on any atom is -0.487 e. The van der Waals surface area contributed by atoms with Gasteiger partial charge in [-0.2, -0.15) is 13.2 Å². The molecule has 0 amide bonds. The number of rotatable bonds is 4. The van der Waals surface area contributed by atoms with Crippen molar-refractivity contribution in [1.29, 1.82) is 0 Å². The van der Waals surface area contributed by atoms with Gasteiger partial charge in [-0.25, -0.2) is 4.39 Å². The summed E-state index contributed by atoms with van der Waals surface area (Å²) in [6, 6.07) is 12.2. The van der Waals surface area contributed by atoms with Crippen LogP contribution in [-0.4, -0.2) is 15.8 Å². The smallest absolute Gasteiger partial charge is 0.416 e. The van der Waals surface area contributed by atoms with Gasteiger partial charge in [-0.15, -0.1) is 0 Å². The Hall–Kier alpha value is -2.90. The highest BCUT2D eigenvalue weighted by Crippen LogP contribution is 2.52. The first-order valence-electron chi connectivity index (χ1n) is 12.6.